The Labute approximate surface area is 107 Å². The number of nitrogen functional groups attached to an aromatic ring is 1. The van der Waals surface area contributed by atoms with Crippen molar-refractivity contribution < 1.29 is 9.90 Å². The van der Waals surface area contributed by atoms with Crippen LogP contribution in [0.25, 0.3) is 0 Å². The number of carbonyl (C=O) groups is 1. The van der Waals surface area contributed by atoms with Crippen LogP contribution in [0.5, 0.6) is 0 Å². The van der Waals surface area contributed by atoms with Crippen LogP contribution < -0.4 is 5.73 Å². The molecule has 1 amide bonds. The number of rotatable bonds is 4. The molecule has 2 heterocycles. The molecule has 3 N–H and O–H groups in total. The summed E-state index contributed by atoms with van der Waals surface area (Å²) in [5, 5.41) is 8.87. The number of nitrogens with zero attached hydrogens (tertiary/aromatic N) is 2. The van der Waals surface area contributed by atoms with Gasteiger partial charge in [0.25, 0.3) is 5.91 Å². The van der Waals surface area contributed by atoms with Gasteiger partial charge in [0, 0.05) is 19.2 Å². The fourth-order valence-electron chi connectivity index (χ4n) is 2.41. The number of aliphatic hydroxyl groups excluding tert-OH is 1. The molecule has 0 bridgehead atoms. The van der Waals surface area contributed by atoms with Crippen LogP contribution in [0.15, 0.2) is 18.3 Å². The largest absolute Gasteiger partial charge is 0.397 e. The highest BCUT2D eigenvalue weighted by molar-refractivity contribution is 5.92. The van der Waals surface area contributed by atoms with Gasteiger partial charge in [0.2, 0.25) is 0 Å². The molecule has 1 aliphatic rings. The Morgan fingerprint density at radius 3 is 3.06 bits per heavy atom. The van der Waals surface area contributed by atoms with Crippen LogP contribution >= 0.6 is 0 Å². The second-order valence-electron chi connectivity index (χ2n) is 4.64. The Bertz CT molecular complexity index is 405. The molecule has 0 aliphatic carbocycles. The number of hydrogen-bond acceptors (Lipinski definition) is 4. The first-order valence-electron chi connectivity index (χ1n) is 6.35. The summed E-state index contributed by atoms with van der Waals surface area (Å²) in [7, 11) is 0. The van der Waals surface area contributed by atoms with E-state index in [1.165, 1.54) is 6.20 Å². The molecule has 0 radical (unpaired) electrons. The zero-order chi connectivity index (χ0) is 13.0. The van der Waals surface area contributed by atoms with Crippen LogP contribution in [0.2, 0.25) is 0 Å². The molecule has 1 aromatic heterocycles. The Morgan fingerprint density at radius 1 is 1.56 bits per heavy atom. The molecule has 0 aromatic carbocycles. The van der Waals surface area contributed by atoms with E-state index < -0.39 is 0 Å². The van der Waals surface area contributed by atoms with Crippen molar-refractivity contribution in [2.45, 2.75) is 31.7 Å². The van der Waals surface area contributed by atoms with E-state index in [0.717, 1.165) is 32.2 Å². The van der Waals surface area contributed by atoms with E-state index in [0.29, 0.717) is 11.4 Å². The summed E-state index contributed by atoms with van der Waals surface area (Å²) in [6, 6.07) is 3.60. The molecular formula is C13H19N3O2. The molecule has 2 rings (SSSR count). The number of anilines is 1. The number of carbonyl (C=O) groups excluding carboxylic acids is 1. The van der Waals surface area contributed by atoms with Crippen molar-refractivity contribution in [3.8, 4) is 0 Å². The average Bonchev–Trinajstić information content (AvgIpc) is 2.84. The summed E-state index contributed by atoms with van der Waals surface area (Å²) < 4.78 is 0. The van der Waals surface area contributed by atoms with Crippen molar-refractivity contribution in [1.82, 2.24) is 9.88 Å². The Hall–Kier alpha value is -1.62. The van der Waals surface area contributed by atoms with E-state index in [4.69, 9.17) is 10.8 Å². The number of hydrogen-bond donors (Lipinski definition) is 2. The molecular weight excluding hydrogens is 230 g/mol. The number of aromatic nitrogens is 1. The first-order valence-corrected chi connectivity index (χ1v) is 6.35. The third kappa shape index (κ3) is 2.79. The maximum Gasteiger partial charge on any atom is 0.272 e. The normalized spacial score (nSPS) is 19.2. The van der Waals surface area contributed by atoms with Crippen LogP contribution in [-0.2, 0) is 0 Å². The standard InChI is InChI=1S/C13H19N3O2/c14-10-5-6-12(15-9-10)13(18)16-7-1-3-11(16)4-2-8-17/h5-6,9,11,17H,1-4,7-8,14H2. The van der Waals surface area contributed by atoms with Crippen LogP contribution in [-0.4, -0.2) is 40.1 Å². The molecule has 0 spiro atoms. The zero-order valence-corrected chi connectivity index (χ0v) is 10.4. The third-order valence-corrected chi connectivity index (χ3v) is 3.34. The molecule has 1 aliphatic heterocycles. The highest BCUT2D eigenvalue weighted by Crippen LogP contribution is 2.23. The predicted molar refractivity (Wildman–Crippen MR) is 69.0 cm³/mol. The van der Waals surface area contributed by atoms with Crippen LogP contribution in [0.3, 0.4) is 0 Å². The minimum atomic E-state index is -0.0320. The summed E-state index contributed by atoms with van der Waals surface area (Å²) in [6.07, 6.45) is 5.14. The highest BCUT2D eigenvalue weighted by atomic mass is 16.3. The van der Waals surface area contributed by atoms with Crippen molar-refractivity contribution >= 4 is 11.6 Å². The molecule has 1 fully saturated rings. The van der Waals surface area contributed by atoms with E-state index in [2.05, 4.69) is 4.98 Å². The van der Waals surface area contributed by atoms with Gasteiger partial charge in [-0.3, -0.25) is 4.79 Å². The van der Waals surface area contributed by atoms with Crippen LogP contribution in [0.4, 0.5) is 5.69 Å². The lowest BCUT2D eigenvalue weighted by Gasteiger charge is -2.24. The predicted octanol–water partition coefficient (Wildman–Crippen LogP) is 1.04. The number of amides is 1. The fraction of sp³-hybridized carbons (Fsp3) is 0.538. The summed E-state index contributed by atoms with van der Waals surface area (Å²) in [6.45, 7) is 0.958. The molecule has 1 unspecified atom stereocenters. The summed E-state index contributed by atoms with van der Waals surface area (Å²) in [4.78, 5) is 18.2. The van der Waals surface area contributed by atoms with Gasteiger partial charge in [0.05, 0.1) is 11.9 Å². The minimum absolute atomic E-state index is 0.0320. The molecule has 98 valence electrons. The quantitative estimate of drug-likeness (QED) is 0.835. The number of likely N-dealkylation sites (tertiary alicyclic amines) is 1. The van der Waals surface area contributed by atoms with Crippen molar-refractivity contribution in [2.75, 3.05) is 18.9 Å². The SMILES string of the molecule is Nc1ccc(C(=O)N2CCCC2CCCO)nc1. The van der Waals surface area contributed by atoms with Crippen LogP contribution in [0.1, 0.15) is 36.2 Å². The van der Waals surface area contributed by atoms with Crippen molar-refractivity contribution in [1.29, 1.82) is 0 Å². The van der Waals surface area contributed by atoms with Crippen LogP contribution in [0, 0.1) is 0 Å². The summed E-state index contributed by atoms with van der Waals surface area (Å²) in [5.74, 6) is -0.0320. The lowest BCUT2D eigenvalue weighted by Crippen LogP contribution is -2.36. The van der Waals surface area contributed by atoms with Gasteiger partial charge >= 0.3 is 0 Å². The number of aliphatic hydroxyl groups is 1. The maximum absolute atomic E-state index is 12.3. The zero-order valence-electron chi connectivity index (χ0n) is 10.4. The maximum atomic E-state index is 12.3. The molecule has 1 saturated heterocycles. The lowest BCUT2D eigenvalue weighted by molar-refractivity contribution is 0.0718. The van der Waals surface area contributed by atoms with Crippen molar-refractivity contribution in [3.63, 3.8) is 0 Å². The average molecular weight is 249 g/mol. The molecule has 1 atom stereocenters. The van der Waals surface area contributed by atoms with E-state index in [9.17, 15) is 4.79 Å². The second-order valence-corrected chi connectivity index (χ2v) is 4.64. The van der Waals surface area contributed by atoms with E-state index in [1.807, 2.05) is 4.90 Å². The van der Waals surface area contributed by atoms with E-state index >= 15 is 0 Å². The first kappa shape index (κ1) is 12.8. The van der Waals surface area contributed by atoms with Crippen molar-refractivity contribution in [2.24, 2.45) is 0 Å². The van der Waals surface area contributed by atoms with Gasteiger partial charge in [-0.1, -0.05) is 0 Å². The van der Waals surface area contributed by atoms with Gasteiger partial charge in [0.15, 0.2) is 0 Å². The van der Waals surface area contributed by atoms with E-state index in [1.54, 1.807) is 12.1 Å². The smallest absolute Gasteiger partial charge is 0.272 e. The fourth-order valence-corrected chi connectivity index (χ4v) is 2.41. The van der Waals surface area contributed by atoms with Gasteiger partial charge in [0.1, 0.15) is 5.69 Å². The highest BCUT2D eigenvalue weighted by Gasteiger charge is 2.29. The third-order valence-electron chi connectivity index (χ3n) is 3.34. The monoisotopic (exact) mass is 249 g/mol. The van der Waals surface area contributed by atoms with Gasteiger partial charge in [-0.15, -0.1) is 0 Å². The molecule has 5 nitrogen and oxygen atoms in total. The van der Waals surface area contributed by atoms with Gasteiger partial charge in [-0.25, -0.2) is 4.98 Å². The minimum Gasteiger partial charge on any atom is -0.397 e. The molecule has 5 heteroatoms. The Kier molecular flexibility index (Phi) is 4.15. The van der Waals surface area contributed by atoms with Gasteiger partial charge < -0.3 is 15.7 Å². The lowest BCUT2D eigenvalue weighted by atomic mass is 10.1. The summed E-state index contributed by atoms with van der Waals surface area (Å²) in [5.41, 5.74) is 6.56. The van der Waals surface area contributed by atoms with E-state index in [-0.39, 0.29) is 18.6 Å². The number of pyridine rings is 1. The topological polar surface area (TPSA) is 79.5 Å². The molecule has 18 heavy (non-hydrogen) atoms. The van der Waals surface area contributed by atoms with Crippen molar-refractivity contribution in [3.05, 3.63) is 24.0 Å². The Balaban J connectivity index is 2.05. The Morgan fingerprint density at radius 2 is 2.39 bits per heavy atom. The van der Waals surface area contributed by atoms with Gasteiger partial charge in [-0.05, 0) is 37.8 Å². The number of nitrogens with two attached hydrogens (primary N) is 1. The second kappa shape index (κ2) is 5.82. The molecule has 1 aromatic rings. The summed E-state index contributed by atoms with van der Waals surface area (Å²) >= 11 is 0. The molecule has 0 saturated carbocycles. The van der Waals surface area contributed by atoms with Gasteiger partial charge in [-0.2, -0.15) is 0 Å². The first-order chi connectivity index (χ1) is 8.72.